The summed E-state index contributed by atoms with van der Waals surface area (Å²) in [5, 5.41) is 3.16. The molecule has 0 fully saturated rings. The van der Waals surface area contributed by atoms with Crippen LogP contribution in [0.4, 0.5) is 0 Å². The third-order valence-electron chi connectivity index (χ3n) is 2.64. The number of hydrogen-bond acceptors (Lipinski definition) is 3. The van der Waals surface area contributed by atoms with Gasteiger partial charge >= 0.3 is 0 Å². The van der Waals surface area contributed by atoms with Gasteiger partial charge in [-0.3, -0.25) is 4.79 Å². The lowest BCUT2D eigenvalue weighted by atomic mass is 10.2. The molecule has 1 amide bonds. The van der Waals surface area contributed by atoms with E-state index in [1.165, 1.54) is 12.1 Å². The summed E-state index contributed by atoms with van der Waals surface area (Å²) in [6.45, 7) is 0.403. The summed E-state index contributed by atoms with van der Waals surface area (Å²) < 4.78 is 5.07. The van der Waals surface area contributed by atoms with E-state index < -0.39 is 0 Å². The lowest BCUT2D eigenvalue weighted by molar-refractivity contribution is 0.0951. The molecule has 1 N–H and O–H groups in total. The Hall–Kier alpha value is -1.78. The third kappa shape index (κ3) is 3.85. The van der Waals surface area contributed by atoms with Crippen LogP contribution in [0.5, 0.6) is 5.75 Å². The van der Waals surface area contributed by atoms with Crippen molar-refractivity contribution in [3.05, 3.63) is 57.8 Å². The molecule has 0 aliphatic rings. The molecule has 0 saturated carbocycles. The minimum Gasteiger partial charge on any atom is -0.497 e. The summed E-state index contributed by atoms with van der Waals surface area (Å²) in [4.78, 5) is 15.8. The van der Waals surface area contributed by atoms with Crippen molar-refractivity contribution in [2.45, 2.75) is 6.54 Å². The van der Waals surface area contributed by atoms with E-state index in [0.717, 1.165) is 11.3 Å². The average Bonchev–Trinajstić information content (AvgIpc) is 2.44. The third-order valence-corrected chi connectivity index (χ3v) is 3.02. The smallest absolute Gasteiger partial charge is 0.251 e. The van der Waals surface area contributed by atoms with Crippen LogP contribution in [0.2, 0.25) is 10.3 Å². The molecular weight excluding hydrogens is 299 g/mol. The molecule has 0 spiro atoms. The van der Waals surface area contributed by atoms with Gasteiger partial charge in [0.2, 0.25) is 0 Å². The topological polar surface area (TPSA) is 51.2 Å². The Morgan fingerprint density at radius 3 is 2.35 bits per heavy atom. The minimum atomic E-state index is -0.257. The Kier molecular flexibility index (Phi) is 4.82. The number of carbonyl (C=O) groups is 1. The largest absolute Gasteiger partial charge is 0.497 e. The SMILES string of the molecule is COc1ccc(CNC(=O)c2cc(Cl)nc(Cl)c2)cc1. The van der Waals surface area contributed by atoms with Gasteiger partial charge in [0.05, 0.1) is 7.11 Å². The first kappa shape index (κ1) is 14.6. The van der Waals surface area contributed by atoms with E-state index in [4.69, 9.17) is 27.9 Å². The molecule has 0 radical (unpaired) electrons. The van der Waals surface area contributed by atoms with Crippen molar-refractivity contribution >= 4 is 29.1 Å². The van der Waals surface area contributed by atoms with Crippen LogP contribution in [0.3, 0.4) is 0 Å². The van der Waals surface area contributed by atoms with Gasteiger partial charge in [0, 0.05) is 12.1 Å². The molecule has 1 aromatic heterocycles. The van der Waals surface area contributed by atoms with Gasteiger partial charge in [0.1, 0.15) is 16.1 Å². The van der Waals surface area contributed by atoms with E-state index in [9.17, 15) is 4.79 Å². The maximum absolute atomic E-state index is 12.0. The summed E-state index contributed by atoms with van der Waals surface area (Å²) in [5.41, 5.74) is 1.34. The highest BCUT2D eigenvalue weighted by molar-refractivity contribution is 6.33. The normalized spacial score (nSPS) is 10.2. The van der Waals surface area contributed by atoms with E-state index in [2.05, 4.69) is 10.3 Å². The number of carbonyl (C=O) groups excluding carboxylic acids is 1. The number of benzene rings is 1. The number of nitrogens with zero attached hydrogens (tertiary/aromatic N) is 1. The molecule has 0 aliphatic carbocycles. The van der Waals surface area contributed by atoms with Crippen molar-refractivity contribution in [3.8, 4) is 5.75 Å². The van der Waals surface area contributed by atoms with Crippen molar-refractivity contribution in [2.75, 3.05) is 7.11 Å². The number of methoxy groups -OCH3 is 1. The second kappa shape index (κ2) is 6.59. The van der Waals surface area contributed by atoms with Crippen LogP contribution in [-0.2, 0) is 6.54 Å². The Bertz CT molecular complexity index is 595. The summed E-state index contributed by atoms with van der Waals surface area (Å²) in [6, 6.07) is 10.4. The molecule has 1 aromatic carbocycles. The zero-order chi connectivity index (χ0) is 14.5. The maximum atomic E-state index is 12.0. The van der Waals surface area contributed by atoms with Crippen molar-refractivity contribution in [2.24, 2.45) is 0 Å². The second-order valence-electron chi connectivity index (χ2n) is 4.03. The fourth-order valence-corrected chi connectivity index (χ4v) is 2.08. The van der Waals surface area contributed by atoms with Crippen LogP contribution >= 0.6 is 23.2 Å². The first-order valence-electron chi connectivity index (χ1n) is 5.82. The Morgan fingerprint density at radius 2 is 1.80 bits per heavy atom. The molecule has 0 aliphatic heterocycles. The van der Waals surface area contributed by atoms with E-state index in [-0.39, 0.29) is 16.2 Å². The Morgan fingerprint density at radius 1 is 1.20 bits per heavy atom. The van der Waals surface area contributed by atoms with Gasteiger partial charge in [-0.15, -0.1) is 0 Å². The summed E-state index contributed by atoms with van der Waals surface area (Å²) >= 11 is 11.5. The van der Waals surface area contributed by atoms with Crippen molar-refractivity contribution in [1.82, 2.24) is 10.3 Å². The lowest BCUT2D eigenvalue weighted by Crippen LogP contribution is -2.22. The molecule has 104 valence electrons. The first-order chi connectivity index (χ1) is 9.58. The molecular formula is C14H12Cl2N2O2. The van der Waals surface area contributed by atoms with Crippen molar-refractivity contribution in [1.29, 1.82) is 0 Å². The maximum Gasteiger partial charge on any atom is 0.251 e. The van der Waals surface area contributed by atoms with Crippen LogP contribution in [0.15, 0.2) is 36.4 Å². The van der Waals surface area contributed by atoms with E-state index in [0.29, 0.717) is 12.1 Å². The predicted molar refractivity (Wildman–Crippen MR) is 78.4 cm³/mol. The molecule has 20 heavy (non-hydrogen) atoms. The van der Waals surface area contributed by atoms with Gasteiger partial charge in [-0.1, -0.05) is 35.3 Å². The van der Waals surface area contributed by atoms with Gasteiger partial charge < -0.3 is 10.1 Å². The Labute approximate surface area is 126 Å². The molecule has 6 heteroatoms. The number of hydrogen-bond donors (Lipinski definition) is 1. The van der Waals surface area contributed by atoms with Gasteiger partial charge in [0.15, 0.2) is 0 Å². The molecule has 1 heterocycles. The number of rotatable bonds is 4. The van der Waals surface area contributed by atoms with Gasteiger partial charge in [-0.05, 0) is 29.8 Å². The summed E-state index contributed by atoms with van der Waals surface area (Å²) in [5.74, 6) is 0.514. The van der Waals surface area contributed by atoms with E-state index in [1.54, 1.807) is 7.11 Å². The van der Waals surface area contributed by atoms with Gasteiger partial charge in [-0.25, -0.2) is 4.98 Å². The van der Waals surface area contributed by atoms with Crippen LogP contribution in [0.1, 0.15) is 15.9 Å². The molecule has 4 nitrogen and oxygen atoms in total. The van der Waals surface area contributed by atoms with Crippen LogP contribution in [-0.4, -0.2) is 18.0 Å². The molecule has 2 aromatic rings. The molecule has 0 atom stereocenters. The van der Waals surface area contributed by atoms with Crippen LogP contribution in [0.25, 0.3) is 0 Å². The summed E-state index contributed by atoms with van der Waals surface area (Å²) in [6.07, 6.45) is 0. The lowest BCUT2D eigenvalue weighted by Gasteiger charge is -2.07. The quantitative estimate of drug-likeness (QED) is 0.881. The zero-order valence-corrected chi connectivity index (χ0v) is 12.2. The number of amides is 1. The molecule has 0 unspecified atom stereocenters. The molecule has 0 saturated heterocycles. The van der Waals surface area contributed by atoms with Gasteiger partial charge in [-0.2, -0.15) is 0 Å². The summed E-state index contributed by atoms with van der Waals surface area (Å²) in [7, 11) is 1.60. The fraction of sp³-hybridized carbons (Fsp3) is 0.143. The highest BCUT2D eigenvalue weighted by Gasteiger charge is 2.08. The molecule has 0 bridgehead atoms. The first-order valence-corrected chi connectivity index (χ1v) is 6.58. The fourth-order valence-electron chi connectivity index (χ4n) is 1.62. The van der Waals surface area contributed by atoms with E-state index in [1.807, 2.05) is 24.3 Å². The highest BCUT2D eigenvalue weighted by atomic mass is 35.5. The number of ether oxygens (including phenoxy) is 1. The average molecular weight is 311 g/mol. The number of aromatic nitrogens is 1. The van der Waals surface area contributed by atoms with Crippen molar-refractivity contribution in [3.63, 3.8) is 0 Å². The monoisotopic (exact) mass is 310 g/mol. The minimum absolute atomic E-state index is 0.187. The van der Waals surface area contributed by atoms with Crippen molar-refractivity contribution < 1.29 is 9.53 Å². The van der Waals surface area contributed by atoms with Gasteiger partial charge in [0.25, 0.3) is 5.91 Å². The van der Waals surface area contributed by atoms with Crippen LogP contribution < -0.4 is 10.1 Å². The number of halogens is 2. The zero-order valence-electron chi connectivity index (χ0n) is 10.7. The van der Waals surface area contributed by atoms with E-state index >= 15 is 0 Å². The Balaban J connectivity index is 2.00. The molecule has 2 rings (SSSR count). The number of nitrogens with one attached hydrogen (secondary N) is 1. The highest BCUT2D eigenvalue weighted by Crippen LogP contribution is 2.15. The van der Waals surface area contributed by atoms with Crippen LogP contribution in [0, 0.1) is 0 Å². The predicted octanol–water partition coefficient (Wildman–Crippen LogP) is 3.33. The standard InChI is InChI=1S/C14H12Cl2N2O2/c1-20-11-4-2-9(3-5-11)8-17-14(19)10-6-12(15)18-13(16)7-10/h2-7H,8H2,1H3,(H,17,19). The second-order valence-corrected chi connectivity index (χ2v) is 4.81. The number of pyridine rings is 1.